The highest BCUT2D eigenvalue weighted by Gasteiger charge is 2.03. The van der Waals surface area contributed by atoms with Crippen molar-refractivity contribution >= 4 is 11.7 Å². The molecule has 0 aliphatic heterocycles. The van der Waals surface area contributed by atoms with Crippen molar-refractivity contribution in [3.8, 4) is 0 Å². The first-order valence-electron chi connectivity index (χ1n) is 6.56. The molecule has 2 aromatic carbocycles. The van der Waals surface area contributed by atoms with Gasteiger partial charge in [0.2, 0.25) is 5.91 Å². The summed E-state index contributed by atoms with van der Waals surface area (Å²) in [5.74, 6) is 0.0383. The minimum Gasteiger partial charge on any atom is -0.409 e. The third-order valence-electron chi connectivity index (χ3n) is 3.05. The summed E-state index contributed by atoms with van der Waals surface area (Å²) in [7, 11) is 0. The first-order chi connectivity index (χ1) is 10.2. The third kappa shape index (κ3) is 4.35. The zero-order chi connectivity index (χ0) is 15.1. The average Bonchev–Trinajstić information content (AvgIpc) is 2.53. The van der Waals surface area contributed by atoms with Crippen LogP contribution in [0.25, 0.3) is 0 Å². The number of amidine groups is 1. The predicted molar refractivity (Wildman–Crippen MR) is 80.9 cm³/mol. The molecule has 4 N–H and O–H groups in total. The minimum atomic E-state index is -0.0262. The van der Waals surface area contributed by atoms with E-state index in [9.17, 15) is 4.79 Å². The van der Waals surface area contributed by atoms with Crippen LogP contribution in [0.5, 0.6) is 0 Å². The summed E-state index contributed by atoms with van der Waals surface area (Å²) in [6.07, 6.45) is 0.364. The third-order valence-corrected chi connectivity index (χ3v) is 3.05. The predicted octanol–water partition coefficient (Wildman–Crippen LogP) is 1.64. The van der Waals surface area contributed by atoms with Crippen LogP contribution in [0.3, 0.4) is 0 Å². The number of rotatable bonds is 5. The molecule has 1 amide bonds. The number of nitrogens with zero attached hydrogens (tertiary/aromatic N) is 1. The zero-order valence-electron chi connectivity index (χ0n) is 11.5. The summed E-state index contributed by atoms with van der Waals surface area (Å²) in [6, 6.07) is 16.7. The van der Waals surface area contributed by atoms with Gasteiger partial charge in [0.05, 0.1) is 6.42 Å². The molecule has 5 nitrogen and oxygen atoms in total. The van der Waals surface area contributed by atoms with Crippen molar-refractivity contribution in [2.45, 2.75) is 13.0 Å². The van der Waals surface area contributed by atoms with E-state index in [2.05, 4.69) is 10.5 Å². The highest BCUT2D eigenvalue weighted by Crippen LogP contribution is 2.05. The fourth-order valence-electron chi connectivity index (χ4n) is 1.90. The summed E-state index contributed by atoms with van der Waals surface area (Å²) in [6.45, 7) is 0.447. The quantitative estimate of drug-likeness (QED) is 0.337. The maximum absolute atomic E-state index is 11.8. The Morgan fingerprint density at radius 3 is 2.33 bits per heavy atom. The fraction of sp³-hybridized carbons (Fsp3) is 0.125. The van der Waals surface area contributed by atoms with Gasteiger partial charge in [-0.25, -0.2) is 0 Å². The van der Waals surface area contributed by atoms with E-state index in [1.807, 2.05) is 42.5 Å². The van der Waals surface area contributed by atoms with E-state index in [-0.39, 0.29) is 11.7 Å². The second kappa shape index (κ2) is 7.09. The molecular weight excluding hydrogens is 266 g/mol. The Labute approximate surface area is 123 Å². The summed E-state index contributed by atoms with van der Waals surface area (Å²) in [5, 5.41) is 14.4. The monoisotopic (exact) mass is 283 g/mol. The topological polar surface area (TPSA) is 87.7 Å². The maximum atomic E-state index is 11.8. The molecule has 0 heterocycles. The molecule has 0 unspecified atom stereocenters. The molecule has 21 heavy (non-hydrogen) atoms. The molecule has 108 valence electrons. The Morgan fingerprint density at radius 2 is 1.71 bits per heavy atom. The molecule has 0 fully saturated rings. The molecule has 0 atom stereocenters. The largest absolute Gasteiger partial charge is 0.409 e. The number of hydrogen-bond acceptors (Lipinski definition) is 3. The number of nitrogens with two attached hydrogens (primary N) is 1. The van der Waals surface area contributed by atoms with Gasteiger partial charge in [-0.2, -0.15) is 0 Å². The standard InChI is InChI=1S/C16H17N3O2/c17-16(19-21)14-8-6-13(7-9-14)11-18-15(20)10-12-4-2-1-3-5-12/h1-9,21H,10-11H2,(H2,17,19)(H,18,20). The van der Waals surface area contributed by atoms with E-state index in [0.717, 1.165) is 11.1 Å². The number of hydrogen-bond donors (Lipinski definition) is 3. The average molecular weight is 283 g/mol. The van der Waals surface area contributed by atoms with Gasteiger partial charge in [0.1, 0.15) is 0 Å². The molecular formula is C16H17N3O2. The van der Waals surface area contributed by atoms with Crippen molar-refractivity contribution in [1.29, 1.82) is 0 Å². The van der Waals surface area contributed by atoms with Gasteiger partial charge in [-0.15, -0.1) is 0 Å². The zero-order valence-corrected chi connectivity index (χ0v) is 11.5. The molecule has 0 aromatic heterocycles. The van der Waals surface area contributed by atoms with Gasteiger partial charge >= 0.3 is 0 Å². The van der Waals surface area contributed by atoms with Crippen LogP contribution >= 0.6 is 0 Å². The molecule has 2 rings (SSSR count). The van der Waals surface area contributed by atoms with Crippen LogP contribution in [0.4, 0.5) is 0 Å². The highest BCUT2D eigenvalue weighted by atomic mass is 16.4. The minimum absolute atomic E-state index is 0.0262. The van der Waals surface area contributed by atoms with Crippen LogP contribution in [-0.2, 0) is 17.8 Å². The second-order valence-corrected chi connectivity index (χ2v) is 4.62. The van der Waals surface area contributed by atoms with E-state index in [1.54, 1.807) is 12.1 Å². The van der Waals surface area contributed by atoms with Crippen molar-refractivity contribution in [1.82, 2.24) is 5.32 Å². The number of amides is 1. The summed E-state index contributed by atoms with van der Waals surface area (Å²) < 4.78 is 0. The lowest BCUT2D eigenvalue weighted by Crippen LogP contribution is -2.24. The van der Waals surface area contributed by atoms with Crippen LogP contribution in [-0.4, -0.2) is 17.0 Å². The number of carbonyl (C=O) groups excluding carboxylic acids is 1. The van der Waals surface area contributed by atoms with Gasteiger partial charge in [-0.3, -0.25) is 4.79 Å². The van der Waals surface area contributed by atoms with Crippen LogP contribution < -0.4 is 11.1 Å². The van der Waals surface area contributed by atoms with Crippen LogP contribution in [0, 0.1) is 0 Å². The van der Waals surface area contributed by atoms with Gasteiger partial charge in [0.15, 0.2) is 5.84 Å². The van der Waals surface area contributed by atoms with E-state index in [0.29, 0.717) is 18.5 Å². The van der Waals surface area contributed by atoms with Crippen molar-refractivity contribution < 1.29 is 10.0 Å². The molecule has 0 saturated carbocycles. The van der Waals surface area contributed by atoms with E-state index >= 15 is 0 Å². The van der Waals surface area contributed by atoms with Crippen molar-refractivity contribution in [3.63, 3.8) is 0 Å². The number of oxime groups is 1. The van der Waals surface area contributed by atoms with Gasteiger partial charge < -0.3 is 16.3 Å². The molecule has 0 aliphatic carbocycles. The van der Waals surface area contributed by atoms with E-state index in [4.69, 9.17) is 10.9 Å². The molecule has 5 heteroatoms. The summed E-state index contributed by atoms with van der Waals surface area (Å²) in [4.78, 5) is 11.8. The molecule has 0 saturated heterocycles. The van der Waals surface area contributed by atoms with Crippen molar-refractivity contribution in [2.24, 2.45) is 10.9 Å². The number of nitrogens with one attached hydrogen (secondary N) is 1. The smallest absolute Gasteiger partial charge is 0.224 e. The lowest BCUT2D eigenvalue weighted by Gasteiger charge is -2.06. The first kappa shape index (κ1) is 14.6. The van der Waals surface area contributed by atoms with Crippen molar-refractivity contribution in [3.05, 3.63) is 71.3 Å². The lowest BCUT2D eigenvalue weighted by molar-refractivity contribution is -0.120. The Bertz CT molecular complexity index is 622. The Morgan fingerprint density at radius 1 is 1.05 bits per heavy atom. The van der Waals surface area contributed by atoms with E-state index < -0.39 is 0 Å². The molecule has 0 aliphatic rings. The van der Waals surface area contributed by atoms with Crippen LogP contribution in [0.15, 0.2) is 59.8 Å². The van der Waals surface area contributed by atoms with Crippen molar-refractivity contribution in [2.75, 3.05) is 0 Å². The van der Waals surface area contributed by atoms with Gasteiger partial charge in [-0.05, 0) is 11.1 Å². The number of benzene rings is 2. The van der Waals surface area contributed by atoms with Gasteiger partial charge in [-0.1, -0.05) is 59.8 Å². The molecule has 2 aromatic rings. The van der Waals surface area contributed by atoms with Crippen LogP contribution in [0.2, 0.25) is 0 Å². The van der Waals surface area contributed by atoms with Gasteiger partial charge in [0, 0.05) is 12.1 Å². The summed E-state index contributed by atoms with van der Waals surface area (Å²) >= 11 is 0. The second-order valence-electron chi connectivity index (χ2n) is 4.62. The van der Waals surface area contributed by atoms with E-state index in [1.165, 1.54) is 0 Å². The Hall–Kier alpha value is -2.82. The fourth-order valence-corrected chi connectivity index (χ4v) is 1.90. The first-order valence-corrected chi connectivity index (χ1v) is 6.56. The van der Waals surface area contributed by atoms with Crippen LogP contribution in [0.1, 0.15) is 16.7 Å². The Kier molecular flexibility index (Phi) is 4.93. The Balaban J connectivity index is 1.87. The molecule has 0 radical (unpaired) electrons. The lowest BCUT2D eigenvalue weighted by atomic mass is 10.1. The maximum Gasteiger partial charge on any atom is 0.224 e. The molecule has 0 bridgehead atoms. The molecule has 0 spiro atoms. The SMILES string of the molecule is NC(=NO)c1ccc(CNC(=O)Cc2ccccc2)cc1. The number of carbonyl (C=O) groups is 1. The normalized spacial score (nSPS) is 11.1. The summed E-state index contributed by atoms with van der Waals surface area (Å²) in [5.41, 5.74) is 8.05. The van der Waals surface area contributed by atoms with Gasteiger partial charge in [0.25, 0.3) is 0 Å². The highest BCUT2D eigenvalue weighted by molar-refractivity contribution is 5.96.